The molecule has 2 rings (SSSR count). The van der Waals surface area contributed by atoms with Gasteiger partial charge in [0.15, 0.2) is 0 Å². The Morgan fingerprint density at radius 3 is 2.50 bits per heavy atom. The summed E-state index contributed by atoms with van der Waals surface area (Å²) >= 11 is 0. The molecule has 0 saturated heterocycles. The Morgan fingerprint density at radius 2 is 1.83 bits per heavy atom. The predicted octanol–water partition coefficient (Wildman–Crippen LogP) is 2.05. The van der Waals surface area contributed by atoms with Crippen LogP contribution in [0.25, 0.3) is 0 Å². The van der Waals surface area contributed by atoms with E-state index < -0.39 is 23.5 Å². The number of benzene rings is 1. The van der Waals surface area contributed by atoms with Crippen LogP contribution in [0.5, 0.6) is 0 Å². The molecule has 0 bridgehead atoms. The second-order valence-electron chi connectivity index (χ2n) is 3.66. The second kappa shape index (κ2) is 5.16. The quantitative estimate of drug-likeness (QED) is 0.650. The maximum Gasteiger partial charge on any atom is 0.146 e. The van der Waals surface area contributed by atoms with Crippen LogP contribution in [0.2, 0.25) is 0 Å². The monoisotopic (exact) mass is 253 g/mol. The highest BCUT2D eigenvalue weighted by Gasteiger charge is 2.20. The van der Waals surface area contributed by atoms with Crippen molar-refractivity contribution in [1.29, 1.82) is 0 Å². The first-order valence-corrected chi connectivity index (χ1v) is 5.14. The van der Waals surface area contributed by atoms with Gasteiger partial charge in [0, 0.05) is 17.3 Å². The molecule has 1 atom stereocenters. The van der Waals surface area contributed by atoms with Crippen LogP contribution in [0.15, 0.2) is 36.7 Å². The van der Waals surface area contributed by atoms with Crippen molar-refractivity contribution in [2.24, 2.45) is 5.84 Å². The number of nitrogens with zero attached hydrogens (tertiary/aromatic N) is 1. The van der Waals surface area contributed by atoms with Gasteiger partial charge in [-0.15, -0.1) is 0 Å². The number of hydrogen-bond donors (Lipinski definition) is 2. The summed E-state index contributed by atoms with van der Waals surface area (Å²) in [5.41, 5.74) is 2.30. The molecule has 0 aliphatic rings. The highest BCUT2D eigenvalue weighted by atomic mass is 19.1. The van der Waals surface area contributed by atoms with Crippen molar-refractivity contribution < 1.29 is 13.2 Å². The van der Waals surface area contributed by atoms with E-state index in [1.165, 1.54) is 12.3 Å². The van der Waals surface area contributed by atoms with Crippen molar-refractivity contribution in [3.8, 4) is 0 Å². The number of aromatic nitrogens is 1. The largest absolute Gasteiger partial charge is 0.271 e. The Bertz CT molecular complexity index is 560. The second-order valence-corrected chi connectivity index (χ2v) is 3.66. The SMILES string of the molecule is NNC(c1ccncc1F)c1cc(F)ccc1F. The molecule has 0 aliphatic heterocycles. The van der Waals surface area contributed by atoms with Crippen molar-refractivity contribution >= 4 is 0 Å². The number of pyridine rings is 1. The first-order chi connectivity index (χ1) is 8.63. The lowest BCUT2D eigenvalue weighted by molar-refractivity contribution is 0.521. The van der Waals surface area contributed by atoms with Gasteiger partial charge in [-0.05, 0) is 24.3 Å². The number of hydrogen-bond acceptors (Lipinski definition) is 3. The minimum atomic E-state index is -0.983. The van der Waals surface area contributed by atoms with Crippen LogP contribution in [0.4, 0.5) is 13.2 Å². The van der Waals surface area contributed by atoms with Gasteiger partial charge < -0.3 is 0 Å². The maximum atomic E-state index is 13.6. The summed E-state index contributed by atoms with van der Waals surface area (Å²) in [6.07, 6.45) is 2.33. The fraction of sp³-hybridized carbons (Fsp3) is 0.0833. The number of hydrazine groups is 1. The van der Waals surface area contributed by atoms with E-state index >= 15 is 0 Å². The van der Waals surface area contributed by atoms with Crippen LogP contribution < -0.4 is 11.3 Å². The minimum Gasteiger partial charge on any atom is -0.271 e. The highest BCUT2D eigenvalue weighted by molar-refractivity contribution is 5.32. The zero-order valence-corrected chi connectivity index (χ0v) is 9.20. The topological polar surface area (TPSA) is 50.9 Å². The van der Waals surface area contributed by atoms with Gasteiger partial charge in [0.25, 0.3) is 0 Å². The average Bonchev–Trinajstić information content (AvgIpc) is 2.36. The molecule has 0 saturated carbocycles. The zero-order valence-electron chi connectivity index (χ0n) is 9.20. The van der Waals surface area contributed by atoms with Gasteiger partial charge in [-0.25, -0.2) is 18.6 Å². The molecule has 1 aromatic carbocycles. The molecule has 3 N–H and O–H groups in total. The molecule has 0 aliphatic carbocycles. The van der Waals surface area contributed by atoms with E-state index in [0.29, 0.717) is 0 Å². The molecular weight excluding hydrogens is 243 g/mol. The molecule has 3 nitrogen and oxygen atoms in total. The van der Waals surface area contributed by atoms with Gasteiger partial charge in [-0.2, -0.15) is 0 Å². The van der Waals surface area contributed by atoms with Crippen LogP contribution in [-0.4, -0.2) is 4.98 Å². The van der Waals surface area contributed by atoms with E-state index in [2.05, 4.69) is 10.4 Å². The summed E-state index contributed by atoms with van der Waals surface area (Å²) in [6, 6.07) is 3.29. The maximum absolute atomic E-state index is 13.6. The van der Waals surface area contributed by atoms with Crippen molar-refractivity contribution in [2.75, 3.05) is 0 Å². The molecule has 0 radical (unpaired) electrons. The van der Waals surface area contributed by atoms with Crippen LogP contribution in [0.3, 0.4) is 0 Å². The minimum absolute atomic E-state index is 0.0670. The molecule has 6 heteroatoms. The van der Waals surface area contributed by atoms with Gasteiger partial charge in [0.05, 0.1) is 12.2 Å². The predicted molar refractivity (Wildman–Crippen MR) is 59.7 cm³/mol. The van der Waals surface area contributed by atoms with Crippen LogP contribution in [-0.2, 0) is 0 Å². The molecule has 0 amide bonds. The van der Waals surface area contributed by atoms with E-state index in [1.54, 1.807) is 0 Å². The lowest BCUT2D eigenvalue weighted by Gasteiger charge is -2.17. The fourth-order valence-electron chi connectivity index (χ4n) is 1.70. The van der Waals surface area contributed by atoms with Gasteiger partial charge in [-0.1, -0.05) is 0 Å². The van der Waals surface area contributed by atoms with Gasteiger partial charge in [-0.3, -0.25) is 10.8 Å². The first-order valence-electron chi connectivity index (χ1n) is 5.14. The van der Waals surface area contributed by atoms with E-state index in [0.717, 1.165) is 24.4 Å². The summed E-state index contributed by atoms with van der Waals surface area (Å²) in [5.74, 6) is 3.35. The van der Waals surface area contributed by atoms with Crippen molar-refractivity contribution in [1.82, 2.24) is 10.4 Å². The molecule has 1 aromatic heterocycles. The van der Waals surface area contributed by atoms with E-state index in [-0.39, 0.29) is 11.1 Å². The third kappa shape index (κ3) is 2.34. The lowest BCUT2D eigenvalue weighted by atomic mass is 9.99. The first kappa shape index (κ1) is 12.5. The molecule has 2 aromatic rings. The van der Waals surface area contributed by atoms with Gasteiger partial charge in [0.1, 0.15) is 17.5 Å². The molecule has 18 heavy (non-hydrogen) atoms. The number of nitrogens with one attached hydrogen (secondary N) is 1. The zero-order chi connectivity index (χ0) is 13.1. The van der Waals surface area contributed by atoms with Crippen LogP contribution >= 0.6 is 0 Å². The number of nitrogens with two attached hydrogens (primary N) is 1. The standard InChI is InChI=1S/C12H10F3N3/c13-7-1-2-10(14)9(5-7)12(18-16)8-3-4-17-6-11(8)15/h1-6,12,18H,16H2. The summed E-state index contributed by atoms with van der Waals surface area (Å²) in [7, 11) is 0. The van der Waals surface area contributed by atoms with Gasteiger partial charge in [0.2, 0.25) is 0 Å². The van der Waals surface area contributed by atoms with Crippen molar-refractivity contribution in [3.05, 3.63) is 65.2 Å². The van der Waals surface area contributed by atoms with Crippen LogP contribution in [0.1, 0.15) is 17.2 Å². The molecule has 94 valence electrons. The third-order valence-electron chi connectivity index (χ3n) is 2.55. The lowest BCUT2D eigenvalue weighted by Crippen LogP contribution is -2.30. The third-order valence-corrected chi connectivity index (χ3v) is 2.55. The normalized spacial score (nSPS) is 12.4. The number of rotatable bonds is 3. The highest BCUT2D eigenvalue weighted by Crippen LogP contribution is 2.25. The van der Waals surface area contributed by atoms with E-state index in [9.17, 15) is 13.2 Å². The summed E-state index contributed by atoms with van der Waals surface area (Å²) in [6.45, 7) is 0. The Morgan fingerprint density at radius 1 is 1.06 bits per heavy atom. The van der Waals surface area contributed by atoms with Crippen LogP contribution in [0, 0.1) is 17.5 Å². The summed E-state index contributed by atoms with van der Waals surface area (Å²) < 4.78 is 40.3. The fourth-order valence-corrected chi connectivity index (χ4v) is 1.70. The molecule has 1 unspecified atom stereocenters. The Hall–Kier alpha value is -1.92. The summed E-state index contributed by atoms with van der Waals surface area (Å²) in [4.78, 5) is 3.58. The smallest absolute Gasteiger partial charge is 0.146 e. The van der Waals surface area contributed by atoms with E-state index in [1.807, 2.05) is 0 Å². The molecule has 1 heterocycles. The van der Waals surface area contributed by atoms with Crippen molar-refractivity contribution in [2.45, 2.75) is 6.04 Å². The Labute approximate surface area is 101 Å². The van der Waals surface area contributed by atoms with Crippen molar-refractivity contribution in [3.63, 3.8) is 0 Å². The molecule has 0 fully saturated rings. The number of halogens is 3. The average molecular weight is 253 g/mol. The Balaban J connectivity index is 2.52. The Kier molecular flexibility index (Phi) is 3.59. The van der Waals surface area contributed by atoms with Gasteiger partial charge >= 0.3 is 0 Å². The molecular formula is C12H10F3N3. The summed E-state index contributed by atoms with van der Waals surface area (Å²) in [5, 5.41) is 0. The molecule has 0 spiro atoms. The van der Waals surface area contributed by atoms with E-state index in [4.69, 9.17) is 5.84 Å².